The second-order valence-electron chi connectivity index (χ2n) is 8.12. The normalized spacial score (nSPS) is 12.3. The van der Waals surface area contributed by atoms with Crippen LogP contribution in [-0.2, 0) is 20.7 Å². The zero-order valence-electron chi connectivity index (χ0n) is 20.7. The molecule has 10 nitrogen and oxygen atoms in total. The number of carboxylic acids is 1. The number of carboxylic acid groups (broad SMARTS) is 1. The van der Waals surface area contributed by atoms with Crippen LogP contribution in [0, 0.1) is 16.5 Å². The van der Waals surface area contributed by atoms with Gasteiger partial charge in [0.1, 0.15) is 5.84 Å². The van der Waals surface area contributed by atoms with Crippen LogP contribution in [0.25, 0.3) is 11.3 Å². The van der Waals surface area contributed by atoms with E-state index in [0.29, 0.717) is 28.1 Å². The quantitative estimate of drug-likeness (QED) is 0.107. The minimum Gasteiger partial charge on any atom is -0.618 e. The van der Waals surface area contributed by atoms with E-state index in [-0.39, 0.29) is 11.7 Å². The molecule has 1 amide bonds. The number of pyridine rings is 1. The van der Waals surface area contributed by atoms with E-state index < -0.39 is 30.1 Å². The van der Waals surface area contributed by atoms with Crippen molar-refractivity contribution in [1.82, 2.24) is 5.32 Å². The molecule has 0 saturated heterocycles. The van der Waals surface area contributed by atoms with Crippen molar-refractivity contribution in [3.8, 4) is 11.3 Å². The molecule has 14 heteroatoms. The van der Waals surface area contributed by atoms with E-state index in [1.54, 1.807) is 54.8 Å². The van der Waals surface area contributed by atoms with Gasteiger partial charge in [0, 0.05) is 29.1 Å². The number of nitrogen functional groups attached to an aromatic ring is 1. The molecule has 0 radical (unpaired) electrons. The largest absolute Gasteiger partial charge is 0.618 e. The average molecular weight is 567 g/mol. The molecule has 1 aromatic carbocycles. The van der Waals surface area contributed by atoms with Crippen LogP contribution in [0.15, 0.2) is 60.1 Å². The van der Waals surface area contributed by atoms with Crippen molar-refractivity contribution in [3.63, 3.8) is 0 Å². The fourth-order valence-electron chi connectivity index (χ4n) is 3.36. The molecule has 2 atom stereocenters. The molecule has 3 aromatic rings. The lowest BCUT2D eigenvalue weighted by Gasteiger charge is -2.23. The fraction of sp³-hybridized carbons (Fsp3) is 0.240. The number of carbonyl (C=O) groups is 3. The van der Waals surface area contributed by atoms with Gasteiger partial charge in [0.2, 0.25) is 5.69 Å². The summed E-state index contributed by atoms with van der Waals surface area (Å²) < 4.78 is 37.4. The minimum atomic E-state index is -5.08. The number of esters is 1. The maximum absolute atomic E-state index is 12.8. The predicted molar refractivity (Wildman–Crippen MR) is 136 cm³/mol. The number of thiophene rings is 1. The lowest BCUT2D eigenvalue weighted by atomic mass is 9.92. The highest BCUT2D eigenvalue weighted by Gasteiger charge is 2.38. The number of amides is 1. The number of amidine groups is 1. The molecule has 2 aromatic heterocycles. The number of halogens is 3. The van der Waals surface area contributed by atoms with Gasteiger partial charge in [0.05, 0.1) is 23.5 Å². The number of hydrogen-bond donors (Lipinski definition) is 4. The highest BCUT2D eigenvalue weighted by atomic mass is 32.1. The first kappa shape index (κ1) is 30.8. The number of rotatable bonds is 8. The number of nitrogens with zero attached hydrogens (tertiary/aromatic N) is 1. The lowest BCUT2D eigenvalue weighted by molar-refractivity contribution is -0.593. The number of hydrogen-bond acceptors (Lipinski definition) is 7. The summed E-state index contributed by atoms with van der Waals surface area (Å²) in [5.74, 6) is -4.24. The number of ether oxygens (including phenoxy) is 1. The van der Waals surface area contributed by atoms with Crippen molar-refractivity contribution in [1.29, 1.82) is 5.41 Å². The third-order valence-electron chi connectivity index (χ3n) is 5.35. The Labute approximate surface area is 224 Å². The van der Waals surface area contributed by atoms with E-state index in [9.17, 15) is 28.0 Å². The molecule has 0 aliphatic heterocycles. The molecule has 2 heterocycles. The van der Waals surface area contributed by atoms with Gasteiger partial charge < -0.3 is 26.1 Å². The fourth-order valence-corrected chi connectivity index (χ4v) is 4.16. The molecular formula is C25H25F3N4O6S. The van der Waals surface area contributed by atoms with Crippen LogP contribution in [0.5, 0.6) is 0 Å². The first-order valence-electron chi connectivity index (χ1n) is 11.1. The Balaban J connectivity index is 0.000000673. The Morgan fingerprint density at radius 1 is 1.21 bits per heavy atom. The van der Waals surface area contributed by atoms with Gasteiger partial charge in [-0.2, -0.15) is 17.9 Å². The molecular weight excluding hydrogens is 541 g/mol. The number of nitrogens with two attached hydrogens (primary N) is 1. The van der Waals surface area contributed by atoms with Crippen molar-refractivity contribution in [3.05, 3.63) is 81.3 Å². The molecule has 0 fully saturated rings. The van der Waals surface area contributed by atoms with Gasteiger partial charge in [-0.05, 0) is 37.1 Å². The minimum absolute atomic E-state index is 0.0610. The molecule has 39 heavy (non-hydrogen) atoms. The SMILES string of the molecule is COC(=O)[C@H](Cc1cccc(C(=N)N)c1)[C@@H](C)NC(=O)c1cc(-c2cccc[n+]2[O-])cs1.O=C(O)C(F)(F)F. The maximum Gasteiger partial charge on any atom is 0.490 e. The van der Waals surface area contributed by atoms with Crippen molar-refractivity contribution in [2.24, 2.45) is 11.7 Å². The van der Waals surface area contributed by atoms with Crippen LogP contribution in [0.3, 0.4) is 0 Å². The van der Waals surface area contributed by atoms with Crippen LogP contribution in [0.2, 0.25) is 0 Å². The second-order valence-corrected chi connectivity index (χ2v) is 9.04. The molecule has 0 spiro atoms. The van der Waals surface area contributed by atoms with Gasteiger partial charge in [-0.1, -0.05) is 18.2 Å². The molecule has 3 rings (SSSR count). The van der Waals surface area contributed by atoms with Crippen LogP contribution in [0.4, 0.5) is 13.2 Å². The molecule has 0 unspecified atom stereocenters. The summed E-state index contributed by atoms with van der Waals surface area (Å²) in [5, 5.41) is 31.3. The van der Waals surface area contributed by atoms with E-state index in [2.05, 4.69) is 5.32 Å². The smallest absolute Gasteiger partial charge is 0.490 e. The lowest BCUT2D eigenvalue weighted by Crippen LogP contribution is -2.42. The standard InChI is InChI=1S/C23H24N4O4S.C2HF3O2/c1-14(18(23(29)31-2)11-15-6-5-7-16(10-15)21(24)25)26-22(28)20-12-17(13-32-20)19-8-3-4-9-27(19)30;3-2(4,5)1(6)7/h3-10,12-14,18H,11H2,1-2H3,(H3,24,25)(H,26,28);(H,6,7)/t14-,18-;/m1./s1. The average Bonchev–Trinajstić information content (AvgIpc) is 3.37. The van der Waals surface area contributed by atoms with Crippen molar-refractivity contribution in [2.75, 3.05) is 7.11 Å². The van der Waals surface area contributed by atoms with Crippen molar-refractivity contribution >= 4 is 35.0 Å². The number of methoxy groups -OCH3 is 1. The Hall–Kier alpha value is -4.46. The Kier molecular flexibility index (Phi) is 10.5. The number of nitrogens with one attached hydrogen (secondary N) is 2. The van der Waals surface area contributed by atoms with Crippen molar-refractivity contribution in [2.45, 2.75) is 25.6 Å². The van der Waals surface area contributed by atoms with Crippen LogP contribution >= 0.6 is 11.3 Å². The molecule has 0 aliphatic rings. The van der Waals surface area contributed by atoms with E-state index in [4.69, 9.17) is 25.8 Å². The third-order valence-corrected chi connectivity index (χ3v) is 6.27. The number of aromatic nitrogens is 1. The molecule has 0 aliphatic carbocycles. The summed E-state index contributed by atoms with van der Waals surface area (Å²) >= 11 is 1.22. The van der Waals surface area contributed by atoms with E-state index in [1.807, 2.05) is 6.07 Å². The zero-order chi connectivity index (χ0) is 29.3. The maximum atomic E-state index is 12.8. The van der Waals surface area contributed by atoms with Crippen molar-refractivity contribution < 1.29 is 42.1 Å². The number of aliphatic carboxylic acids is 1. The number of benzene rings is 1. The van der Waals surface area contributed by atoms with Gasteiger partial charge >= 0.3 is 18.1 Å². The first-order valence-corrected chi connectivity index (χ1v) is 12.0. The highest BCUT2D eigenvalue weighted by Crippen LogP contribution is 2.24. The van der Waals surface area contributed by atoms with Gasteiger partial charge in [-0.3, -0.25) is 15.0 Å². The van der Waals surface area contributed by atoms with Crippen LogP contribution in [-0.4, -0.2) is 48.1 Å². The Bertz CT molecular complexity index is 1350. The number of alkyl halides is 3. The first-order chi connectivity index (χ1) is 18.2. The predicted octanol–water partition coefficient (Wildman–Crippen LogP) is 3.12. The Morgan fingerprint density at radius 3 is 2.44 bits per heavy atom. The molecule has 5 N–H and O–H groups in total. The summed E-state index contributed by atoms with van der Waals surface area (Å²) in [5.41, 5.74) is 8.02. The third kappa shape index (κ3) is 8.81. The highest BCUT2D eigenvalue weighted by molar-refractivity contribution is 7.12. The van der Waals surface area contributed by atoms with E-state index in [1.165, 1.54) is 24.6 Å². The van der Waals surface area contributed by atoms with E-state index in [0.717, 1.165) is 10.3 Å². The van der Waals surface area contributed by atoms with Crippen LogP contribution < -0.4 is 15.8 Å². The Morgan fingerprint density at radius 2 is 1.87 bits per heavy atom. The molecule has 208 valence electrons. The summed E-state index contributed by atoms with van der Waals surface area (Å²) in [6.07, 6.45) is -3.37. The summed E-state index contributed by atoms with van der Waals surface area (Å²) in [4.78, 5) is 34.6. The zero-order valence-corrected chi connectivity index (χ0v) is 21.5. The van der Waals surface area contributed by atoms with E-state index >= 15 is 0 Å². The topological polar surface area (TPSA) is 170 Å². The molecule has 0 saturated carbocycles. The second kappa shape index (κ2) is 13.4. The monoisotopic (exact) mass is 566 g/mol. The molecule has 0 bridgehead atoms. The summed E-state index contributed by atoms with van der Waals surface area (Å²) in [6, 6.07) is 13.3. The number of carbonyl (C=O) groups excluding carboxylic acids is 2. The summed E-state index contributed by atoms with van der Waals surface area (Å²) in [7, 11) is 1.31. The summed E-state index contributed by atoms with van der Waals surface area (Å²) in [6.45, 7) is 1.74. The van der Waals surface area contributed by atoms with Gasteiger partial charge in [0.25, 0.3) is 5.91 Å². The van der Waals surface area contributed by atoms with Gasteiger partial charge in [0.15, 0.2) is 6.20 Å². The van der Waals surface area contributed by atoms with Gasteiger partial charge in [-0.25, -0.2) is 4.79 Å². The van der Waals surface area contributed by atoms with Crippen LogP contribution in [0.1, 0.15) is 27.7 Å². The van der Waals surface area contributed by atoms with Gasteiger partial charge in [-0.15, -0.1) is 11.3 Å².